The Morgan fingerprint density at radius 3 is 2.15 bits per heavy atom. The van der Waals surface area contributed by atoms with Gasteiger partial charge in [0.15, 0.2) is 0 Å². The summed E-state index contributed by atoms with van der Waals surface area (Å²) in [5.74, 6) is 0.606. The van der Waals surface area contributed by atoms with E-state index in [0.717, 1.165) is 28.5 Å². The van der Waals surface area contributed by atoms with Gasteiger partial charge in [-0.2, -0.15) is 10.2 Å². The number of fused-ring (bicyclic) bond motifs is 5. The van der Waals surface area contributed by atoms with Gasteiger partial charge in [0.1, 0.15) is 6.73 Å². The Morgan fingerprint density at radius 1 is 0.646 bits per heavy atom. The molecular formula is C40H37N7O. The molecule has 0 bridgehead atoms. The van der Waals surface area contributed by atoms with Gasteiger partial charge in [-0.25, -0.2) is 0 Å². The maximum atomic E-state index is 5.18. The second kappa shape index (κ2) is 17.0. The third kappa shape index (κ3) is 8.99. The van der Waals surface area contributed by atoms with Gasteiger partial charge in [0.05, 0.1) is 35.4 Å². The van der Waals surface area contributed by atoms with Crippen LogP contribution in [-0.2, 0) is 11.3 Å². The molecule has 238 valence electrons. The molecule has 7 aromatic rings. The Morgan fingerprint density at radius 2 is 1.35 bits per heavy atom. The number of hydrogen-bond acceptors (Lipinski definition) is 7. The molecule has 2 N–H and O–H groups in total. The lowest BCUT2D eigenvalue weighted by atomic mass is 9.98. The monoisotopic (exact) mass is 631 g/mol. The first kappa shape index (κ1) is 31.8. The highest BCUT2D eigenvalue weighted by Gasteiger charge is 2.17. The van der Waals surface area contributed by atoms with E-state index in [0.29, 0.717) is 18.7 Å². The van der Waals surface area contributed by atoms with E-state index in [1.807, 2.05) is 104 Å². The van der Waals surface area contributed by atoms with Crippen molar-refractivity contribution in [1.29, 1.82) is 0 Å². The molecular weight excluding hydrogens is 594 g/mol. The van der Waals surface area contributed by atoms with E-state index in [2.05, 4.69) is 89.8 Å². The van der Waals surface area contributed by atoms with Crippen LogP contribution in [0.25, 0.3) is 27.5 Å². The fraction of sp³-hybridized carbons (Fsp3) is 0.100. The predicted molar refractivity (Wildman–Crippen MR) is 194 cm³/mol. The van der Waals surface area contributed by atoms with Crippen LogP contribution in [0.2, 0.25) is 0 Å². The summed E-state index contributed by atoms with van der Waals surface area (Å²) in [5.41, 5.74) is 6.54. The van der Waals surface area contributed by atoms with Crippen LogP contribution in [-0.4, -0.2) is 37.3 Å². The van der Waals surface area contributed by atoms with Gasteiger partial charge >= 0.3 is 0 Å². The summed E-state index contributed by atoms with van der Waals surface area (Å²) in [6.07, 6.45) is 21.9. The molecule has 10 rings (SSSR count). The summed E-state index contributed by atoms with van der Waals surface area (Å²) in [7, 11) is 0. The summed E-state index contributed by atoms with van der Waals surface area (Å²) < 4.78 is 7.27. The second-order valence-corrected chi connectivity index (χ2v) is 10.9. The average Bonchev–Trinajstić information content (AvgIpc) is 3.87. The first-order valence-electron chi connectivity index (χ1n) is 15.8. The van der Waals surface area contributed by atoms with E-state index in [9.17, 15) is 0 Å². The summed E-state index contributed by atoms with van der Waals surface area (Å²) in [4.78, 5) is 8.24. The number of aromatic nitrogens is 5. The van der Waals surface area contributed by atoms with Crippen molar-refractivity contribution in [2.45, 2.75) is 12.6 Å². The summed E-state index contributed by atoms with van der Waals surface area (Å²) >= 11 is 0. The lowest BCUT2D eigenvalue weighted by Crippen LogP contribution is -2.23. The molecule has 0 fully saturated rings. The van der Waals surface area contributed by atoms with E-state index in [1.54, 1.807) is 18.6 Å². The van der Waals surface area contributed by atoms with Crippen LogP contribution >= 0.6 is 0 Å². The van der Waals surface area contributed by atoms with Crippen molar-refractivity contribution in [2.75, 3.05) is 12.0 Å². The number of allylic oxidation sites excluding steroid dienone is 2. The van der Waals surface area contributed by atoms with Crippen molar-refractivity contribution in [2.24, 2.45) is 5.92 Å². The quantitative estimate of drug-likeness (QED) is 0.175. The molecule has 48 heavy (non-hydrogen) atoms. The van der Waals surface area contributed by atoms with Crippen LogP contribution in [0.5, 0.6) is 0 Å². The number of pyridine rings is 1. The van der Waals surface area contributed by atoms with Gasteiger partial charge in [-0.15, -0.1) is 0 Å². The minimum absolute atomic E-state index is 0.537. The van der Waals surface area contributed by atoms with Gasteiger partial charge in [0.2, 0.25) is 0 Å². The van der Waals surface area contributed by atoms with E-state index < -0.39 is 0 Å². The normalized spacial score (nSPS) is 16.2. The van der Waals surface area contributed by atoms with E-state index in [1.165, 1.54) is 16.8 Å². The molecule has 2 unspecified atom stereocenters. The summed E-state index contributed by atoms with van der Waals surface area (Å²) in [6, 6.07) is 36.6. The zero-order valence-electron chi connectivity index (χ0n) is 26.5. The number of nitrogens with zero attached hydrogens (tertiary/aromatic N) is 5. The SMILES string of the molecule is C1=CC2C=CNC2C=C1.c1ccc2c(c1)COCN2.c1ccc2nccnc2c1.c1ccc2nnccc2c1.c1ccn2cccc2c1. The Kier molecular flexibility index (Phi) is 11.3. The minimum Gasteiger partial charge on any atom is -0.384 e. The van der Waals surface area contributed by atoms with Gasteiger partial charge in [-0.3, -0.25) is 9.97 Å². The zero-order chi connectivity index (χ0) is 32.6. The Hall–Kier alpha value is -6.12. The molecule has 4 aromatic heterocycles. The highest BCUT2D eigenvalue weighted by atomic mass is 16.5. The number of ether oxygens (including phenoxy) is 1. The lowest BCUT2D eigenvalue weighted by molar-refractivity contribution is 0.130. The van der Waals surface area contributed by atoms with Gasteiger partial charge in [-0.05, 0) is 60.8 Å². The van der Waals surface area contributed by atoms with Crippen molar-refractivity contribution < 1.29 is 4.74 Å². The second-order valence-electron chi connectivity index (χ2n) is 10.9. The summed E-state index contributed by atoms with van der Waals surface area (Å²) in [5, 5.41) is 15.2. The van der Waals surface area contributed by atoms with Crippen molar-refractivity contribution >= 4 is 33.1 Å². The standard InChI is InChI=1S/2C8H6N2.C8H9NO.C8H7N.C8H9N/c1-2-4-8-7(3-1)9-5-6-10-8;1-2-4-8-7(3-1)5-6-9-10-8;1-2-4-8-7(3-1)5-10-6-9-8;1-2-6-9-7-3-5-8(9)4-1;1-2-4-8-7(3-1)5-6-9-8/h2*1-6H;1-4,9H,5-6H2;1-7H;1-9H. The average molecular weight is 632 g/mol. The molecule has 8 nitrogen and oxygen atoms in total. The molecule has 2 atom stereocenters. The van der Waals surface area contributed by atoms with Crippen LogP contribution in [0, 0.1) is 5.92 Å². The highest BCUT2D eigenvalue weighted by molar-refractivity contribution is 5.77. The molecule has 1 aliphatic carbocycles. The zero-order valence-corrected chi connectivity index (χ0v) is 26.5. The Labute approximate surface area is 280 Å². The molecule has 0 radical (unpaired) electrons. The maximum absolute atomic E-state index is 5.18. The number of hydrogen-bond donors (Lipinski definition) is 2. The summed E-state index contributed by atoms with van der Waals surface area (Å²) in [6.45, 7) is 1.38. The molecule has 6 heterocycles. The molecule has 0 saturated carbocycles. The fourth-order valence-corrected chi connectivity index (χ4v) is 5.18. The molecule has 2 aliphatic heterocycles. The predicted octanol–water partition coefficient (Wildman–Crippen LogP) is 8.00. The van der Waals surface area contributed by atoms with Gasteiger partial charge < -0.3 is 19.8 Å². The van der Waals surface area contributed by atoms with E-state index in [-0.39, 0.29) is 0 Å². The Balaban J connectivity index is 0.000000105. The highest BCUT2D eigenvalue weighted by Crippen LogP contribution is 2.19. The number of anilines is 1. The molecule has 8 heteroatoms. The number of nitrogens with one attached hydrogen (secondary N) is 2. The Bertz CT molecular complexity index is 1860. The fourth-order valence-electron chi connectivity index (χ4n) is 5.18. The number of para-hydroxylation sites is 3. The molecule has 3 aromatic carbocycles. The van der Waals surface area contributed by atoms with E-state index >= 15 is 0 Å². The van der Waals surface area contributed by atoms with Gasteiger partial charge in [-0.1, -0.05) is 85.0 Å². The first-order chi connectivity index (χ1) is 23.8. The van der Waals surface area contributed by atoms with Crippen molar-refractivity contribution in [3.63, 3.8) is 0 Å². The van der Waals surface area contributed by atoms with Crippen molar-refractivity contribution in [1.82, 2.24) is 29.9 Å². The van der Waals surface area contributed by atoms with Crippen LogP contribution in [0.15, 0.2) is 177 Å². The molecule has 3 aliphatic rings. The van der Waals surface area contributed by atoms with Crippen molar-refractivity contribution in [3.8, 4) is 0 Å². The number of rotatable bonds is 0. The van der Waals surface area contributed by atoms with Gasteiger partial charge in [0.25, 0.3) is 0 Å². The largest absolute Gasteiger partial charge is 0.384 e. The van der Waals surface area contributed by atoms with Crippen molar-refractivity contribution in [3.05, 3.63) is 182 Å². The molecule has 0 spiro atoms. The third-order valence-corrected chi connectivity index (χ3v) is 7.66. The topological polar surface area (TPSA) is 89.3 Å². The van der Waals surface area contributed by atoms with Crippen LogP contribution in [0.3, 0.4) is 0 Å². The molecule has 0 saturated heterocycles. The van der Waals surface area contributed by atoms with E-state index in [4.69, 9.17) is 4.74 Å². The first-order valence-corrected chi connectivity index (χ1v) is 15.8. The lowest BCUT2D eigenvalue weighted by Gasteiger charge is -2.17. The van der Waals surface area contributed by atoms with Crippen LogP contribution in [0.1, 0.15) is 5.56 Å². The van der Waals surface area contributed by atoms with Crippen LogP contribution < -0.4 is 10.6 Å². The third-order valence-electron chi connectivity index (χ3n) is 7.66. The number of benzene rings is 3. The molecule has 0 amide bonds. The minimum atomic E-state index is 0.537. The smallest absolute Gasteiger partial charge is 0.116 e. The maximum Gasteiger partial charge on any atom is 0.116 e. The van der Waals surface area contributed by atoms with Crippen LogP contribution in [0.4, 0.5) is 5.69 Å². The van der Waals surface area contributed by atoms with Gasteiger partial charge in [0, 0.05) is 52.9 Å².